The molecule has 8 nitrogen and oxygen atoms in total. The molecule has 1 aromatic carbocycles. The van der Waals surface area contributed by atoms with Gasteiger partial charge in [0.1, 0.15) is 6.33 Å². The molecule has 0 spiro atoms. The van der Waals surface area contributed by atoms with Gasteiger partial charge in [-0.3, -0.25) is 4.79 Å². The molecule has 0 saturated heterocycles. The van der Waals surface area contributed by atoms with Crippen molar-refractivity contribution in [1.82, 2.24) is 9.97 Å². The van der Waals surface area contributed by atoms with Gasteiger partial charge in [0.2, 0.25) is 0 Å². The van der Waals surface area contributed by atoms with E-state index in [0.717, 1.165) is 12.3 Å². The zero-order chi connectivity index (χ0) is 16.3. The number of hydrogen-bond acceptors (Lipinski definition) is 6. The summed E-state index contributed by atoms with van der Waals surface area (Å²) in [5.41, 5.74) is -0.0409. The van der Waals surface area contributed by atoms with Crippen LogP contribution in [0.4, 0.5) is 5.69 Å². The van der Waals surface area contributed by atoms with Crippen molar-refractivity contribution in [3.05, 3.63) is 48.0 Å². The van der Waals surface area contributed by atoms with Crippen LogP contribution >= 0.6 is 0 Å². The first-order valence-corrected chi connectivity index (χ1v) is 7.81. The number of rotatable bonds is 4. The van der Waals surface area contributed by atoms with Gasteiger partial charge in [-0.05, 0) is 18.2 Å². The largest absolute Gasteiger partial charge is 0.478 e. The highest BCUT2D eigenvalue weighted by Crippen LogP contribution is 2.20. The molecule has 114 valence electrons. The first kappa shape index (κ1) is 15.6. The second kappa shape index (κ2) is 5.90. The van der Waals surface area contributed by atoms with Crippen LogP contribution in [0.15, 0.2) is 41.8 Å². The van der Waals surface area contributed by atoms with Gasteiger partial charge in [0.05, 0.1) is 16.0 Å². The Morgan fingerprint density at radius 1 is 1.09 bits per heavy atom. The third-order valence-corrected chi connectivity index (χ3v) is 3.75. The number of hydrogen-bond donors (Lipinski definition) is 2. The molecule has 0 aliphatic rings. The number of aromatic nitrogens is 2. The summed E-state index contributed by atoms with van der Waals surface area (Å²) >= 11 is 0. The van der Waals surface area contributed by atoms with Gasteiger partial charge in [-0.1, -0.05) is 0 Å². The van der Waals surface area contributed by atoms with Gasteiger partial charge in [0.15, 0.2) is 9.84 Å². The van der Waals surface area contributed by atoms with E-state index in [1.807, 2.05) is 0 Å². The number of benzene rings is 1. The van der Waals surface area contributed by atoms with Gasteiger partial charge >= 0.3 is 5.97 Å². The lowest BCUT2D eigenvalue weighted by atomic mass is 10.2. The van der Waals surface area contributed by atoms with Gasteiger partial charge in [0.25, 0.3) is 5.91 Å². The number of carbonyl (C=O) groups excluding carboxylic acids is 1. The summed E-state index contributed by atoms with van der Waals surface area (Å²) in [7, 11) is -3.62. The minimum Gasteiger partial charge on any atom is -0.478 e. The molecule has 2 rings (SSSR count). The predicted molar refractivity (Wildman–Crippen MR) is 76.5 cm³/mol. The number of carbonyl (C=O) groups is 2. The zero-order valence-electron chi connectivity index (χ0n) is 11.3. The zero-order valence-corrected chi connectivity index (χ0v) is 12.2. The number of carboxylic acids is 1. The van der Waals surface area contributed by atoms with Gasteiger partial charge in [0, 0.05) is 24.3 Å². The van der Waals surface area contributed by atoms with Crippen molar-refractivity contribution >= 4 is 27.4 Å². The SMILES string of the molecule is CS(=O)(=O)c1cc(NC(=O)c2cncnc2)cc(C(=O)O)c1. The number of nitrogens with zero attached hydrogens (tertiary/aromatic N) is 2. The van der Waals surface area contributed by atoms with Crippen LogP contribution < -0.4 is 5.32 Å². The fourth-order valence-corrected chi connectivity index (χ4v) is 2.31. The highest BCUT2D eigenvalue weighted by molar-refractivity contribution is 7.90. The Balaban J connectivity index is 2.41. The number of amides is 1. The minimum absolute atomic E-state index is 0.0502. The summed E-state index contributed by atoms with van der Waals surface area (Å²) in [4.78, 5) is 30.2. The summed E-state index contributed by atoms with van der Waals surface area (Å²) in [5, 5.41) is 11.4. The van der Waals surface area contributed by atoms with Crippen LogP contribution in [0.1, 0.15) is 20.7 Å². The molecule has 0 bridgehead atoms. The maximum absolute atomic E-state index is 12.0. The topological polar surface area (TPSA) is 126 Å². The quantitative estimate of drug-likeness (QED) is 0.854. The van der Waals surface area contributed by atoms with E-state index < -0.39 is 21.7 Å². The normalized spacial score (nSPS) is 11.0. The minimum atomic E-state index is -3.62. The third-order valence-electron chi connectivity index (χ3n) is 2.66. The van der Waals surface area contributed by atoms with Crippen LogP contribution in [0.2, 0.25) is 0 Å². The van der Waals surface area contributed by atoms with E-state index >= 15 is 0 Å². The van der Waals surface area contributed by atoms with Crippen LogP contribution in [0, 0.1) is 0 Å². The molecular formula is C13H11N3O5S. The summed E-state index contributed by atoms with van der Waals surface area (Å²) in [6.45, 7) is 0. The van der Waals surface area contributed by atoms with E-state index in [0.29, 0.717) is 0 Å². The fraction of sp³-hybridized carbons (Fsp3) is 0.0769. The molecule has 0 atom stereocenters. The lowest BCUT2D eigenvalue weighted by molar-refractivity contribution is 0.0696. The number of sulfone groups is 1. The molecule has 1 amide bonds. The summed E-state index contributed by atoms with van der Waals surface area (Å²) in [6, 6.07) is 3.38. The lowest BCUT2D eigenvalue weighted by Gasteiger charge is -2.08. The molecule has 9 heteroatoms. The number of aromatic carboxylic acids is 1. The van der Waals surface area contributed by atoms with Gasteiger partial charge in [-0.25, -0.2) is 23.2 Å². The molecule has 2 aromatic rings. The van der Waals surface area contributed by atoms with E-state index in [1.165, 1.54) is 30.9 Å². The Bertz CT molecular complexity index is 834. The standard InChI is InChI=1S/C13H11N3O5S/c1-22(20,21)11-3-8(13(18)19)2-10(4-11)16-12(17)9-5-14-7-15-6-9/h2-7H,1H3,(H,16,17)(H,18,19). The summed E-state index contributed by atoms with van der Waals surface area (Å²) in [6.07, 6.45) is 4.76. The summed E-state index contributed by atoms with van der Waals surface area (Å²) < 4.78 is 23.2. The van der Waals surface area contributed by atoms with Crippen LogP contribution in [0.5, 0.6) is 0 Å². The highest BCUT2D eigenvalue weighted by Gasteiger charge is 2.15. The molecule has 0 unspecified atom stereocenters. The molecule has 1 heterocycles. The monoisotopic (exact) mass is 321 g/mol. The van der Waals surface area contributed by atoms with Crippen molar-refractivity contribution in [2.45, 2.75) is 4.90 Å². The molecule has 2 N–H and O–H groups in total. The van der Waals surface area contributed by atoms with Crippen molar-refractivity contribution in [3.63, 3.8) is 0 Å². The van der Waals surface area contributed by atoms with E-state index in [1.54, 1.807) is 0 Å². The second-order valence-electron chi connectivity index (χ2n) is 4.40. The van der Waals surface area contributed by atoms with Crippen LogP contribution in [0.25, 0.3) is 0 Å². The highest BCUT2D eigenvalue weighted by atomic mass is 32.2. The first-order valence-electron chi connectivity index (χ1n) is 5.92. The van der Waals surface area contributed by atoms with E-state index in [-0.39, 0.29) is 21.7 Å². The molecule has 0 fully saturated rings. The number of carboxylic acid groups (broad SMARTS) is 1. The average molecular weight is 321 g/mol. The molecule has 1 aromatic heterocycles. The Morgan fingerprint density at radius 3 is 2.27 bits per heavy atom. The van der Waals surface area contributed by atoms with Gasteiger partial charge < -0.3 is 10.4 Å². The molecule has 0 aliphatic heterocycles. The molecule has 22 heavy (non-hydrogen) atoms. The Kier molecular flexibility index (Phi) is 4.18. The molecular weight excluding hydrogens is 310 g/mol. The van der Waals surface area contributed by atoms with Crippen molar-refractivity contribution in [1.29, 1.82) is 0 Å². The van der Waals surface area contributed by atoms with E-state index in [9.17, 15) is 18.0 Å². The van der Waals surface area contributed by atoms with Crippen molar-refractivity contribution in [3.8, 4) is 0 Å². The third kappa shape index (κ3) is 3.64. The lowest BCUT2D eigenvalue weighted by Crippen LogP contribution is -2.14. The van der Waals surface area contributed by atoms with Crippen LogP contribution in [-0.4, -0.2) is 41.6 Å². The Labute approximate surface area is 125 Å². The molecule has 0 aliphatic carbocycles. The maximum Gasteiger partial charge on any atom is 0.335 e. The van der Waals surface area contributed by atoms with Crippen molar-refractivity contribution in [2.75, 3.05) is 11.6 Å². The molecule has 0 radical (unpaired) electrons. The smallest absolute Gasteiger partial charge is 0.335 e. The molecule has 0 saturated carbocycles. The Morgan fingerprint density at radius 2 is 1.73 bits per heavy atom. The maximum atomic E-state index is 12.0. The predicted octanol–water partition coefficient (Wildman–Crippen LogP) is 0.831. The fourth-order valence-electron chi connectivity index (χ4n) is 1.63. The average Bonchev–Trinajstić information content (AvgIpc) is 2.46. The van der Waals surface area contributed by atoms with Gasteiger partial charge in [-0.2, -0.15) is 0 Å². The summed E-state index contributed by atoms with van der Waals surface area (Å²) in [5.74, 6) is -1.88. The van der Waals surface area contributed by atoms with E-state index in [2.05, 4.69) is 15.3 Å². The van der Waals surface area contributed by atoms with E-state index in [4.69, 9.17) is 5.11 Å². The second-order valence-corrected chi connectivity index (χ2v) is 6.42. The van der Waals surface area contributed by atoms with Crippen molar-refractivity contribution in [2.24, 2.45) is 0 Å². The van der Waals surface area contributed by atoms with Gasteiger partial charge in [-0.15, -0.1) is 0 Å². The number of nitrogens with one attached hydrogen (secondary N) is 1. The first-order chi connectivity index (χ1) is 10.3. The van der Waals surface area contributed by atoms with Crippen molar-refractivity contribution < 1.29 is 23.1 Å². The Hall–Kier alpha value is -2.81. The van der Waals surface area contributed by atoms with Crippen LogP contribution in [-0.2, 0) is 9.84 Å². The van der Waals surface area contributed by atoms with Crippen LogP contribution in [0.3, 0.4) is 0 Å². The number of anilines is 1.